The standard InChI is InChI=1S/C11H13F2N3.HI/c12-9-3-2-8(10(13)6-9)7-16-11-14-4-1-5-15-11;/h2-3,6H,1,4-5,7H2,(H2,14,15,16);1H. The molecule has 1 heterocycles. The Morgan fingerprint density at radius 1 is 1.35 bits per heavy atom. The lowest BCUT2D eigenvalue weighted by Gasteiger charge is -2.16. The van der Waals surface area contributed by atoms with Gasteiger partial charge in [0.15, 0.2) is 5.96 Å². The molecule has 0 unspecified atom stereocenters. The van der Waals surface area contributed by atoms with E-state index in [4.69, 9.17) is 0 Å². The fourth-order valence-corrected chi connectivity index (χ4v) is 1.50. The molecule has 1 aliphatic heterocycles. The van der Waals surface area contributed by atoms with Gasteiger partial charge in [0.2, 0.25) is 0 Å². The van der Waals surface area contributed by atoms with Crippen LogP contribution in [0.2, 0.25) is 0 Å². The summed E-state index contributed by atoms with van der Waals surface area (Å²) in [4.78, 5) is 4.19. The highest BCUT2D eigenvalue weighted by Crippen LogP contribution is 2.08. The highest BCUT2D eigenvalue weighted by molar-refractivity contribution is 14.0. The van der Waals surface area contributed by atoms with Crippen LogP contribution in [0.5, 0.6) is 0 Å². The summed E-state index contributed by atoms with van der Waals surface area (Å²) in [5.74, 6) is -0.423. The fourth-order valence-electron chi connectivity index (χ4n) is 1.50. The molecule has 1 aromatic carbocycles. The molecule has 94 valence electrons. The molecular formula is C11H14F2IN3. The van der Waals surface area contributed by atoms with Gasteiger partial charge in [-0.05, 0) is 12.5 Å². The van der Waals surface area contributed by atoms with Crippen molar-refractivity contribution >= 4 is 29.9 Å². The van der Waals surface area contributed by atoms with Crippen LogP contribution < -0.4 is 10.6 Å². The molecule has 17 heavy (non-hydrogen) atoms. The van der Waals surface area contributed by atoms with Crippen LogP contribution >= 0.6 is 24.0 Å². The third-order valence-corrected chi connectivity index (χ3v) is 2.36. The summed E-state index contributed by atoms with van der Waals surface area (Å²) in [6, 6.07) is 3.56. The zero-order valence-electron chi connectivity index (χ0n) is 9.17. The van der Waals surface area contributed by atoms with E-state index in [1.165, 1.54) is 12.1 Å². The van der Waals surface area contributed by atoms with Gasteiger partial charge in [0.05, 0.1) is 0 Å². The van der Waals surface area contributed by atoms with E-state index in [0.29, 0.717) is 18.1 Å². The van der Waals surface area contributed by atoms with Gasteiger partial charge in [-0.15, -0.1) is 24.0 Å². The van der Waals surface area contributed by atoms with Crippen molar-refractivity contribution in [2.45, 2.75) is 13.0 Å². The number of halogens is 3. The van der Waals surface area contributed by atoms with E-state index in [2.05, 4.69) is 15.6 Å². The topological polar surface area (TPSA) is 36.4 Å². The van der Waals surface area contributed by atoms with E-state index in [9.17, 15) is 8.78 Å². The van der Waals surface area contributed by atoms with Gasteiger partial charge in [-0.3, -0.25) is 4.99 Å². The van der Waals surface area contributed by atoms with Gasteiger partial charge >= 0.3 is 0 Å². The molecule has 0 bridgehead atoms. The Balaban J connectivity index is 0.00000144. The molecular weight excluding hydrogens is 339 g/mol. The summed E-state index contributed by atoms with van der Waals surface area (Å²) in [5.41, 5.74) is 0.427. The van der Waals surface area contributed by atoms with E-state index < -0.39 is 11.6 Å². The molecule has 0 atom stereocenters. The second-order valence-electron chi connectivity index (χ2n) is 3.60. The summed E-state index contributed by atoms with van der Waals surface area (Å²) in [7, 11) is 0. The van der Waals surface area contributed by atoms with E-state index >= 15 is 0 Å². The van der Waals surface area contributed by atoms with E-state index in [1.54, 1.807) is 0 Å². The predicted molar refractivity (Wildman–Crippen MR) is 73.5 cm³/mol. The predicted octanol–water partition coefficient (Wildman–Crippen LogP) is 2.02. The number of rotatable bonds is 2. The van der Waals surface area contributed by atoms with E-state index in [0.717, 1.165) is 25.6 Å². The minimum absolute atomic E-state index is 0. The molecule has 2 rings (SSSR count). The van der Waals surface area contributed by atoms with Gasteiger partial charge in [0, 0.05) is 31.3 Å². The zero-order chi connectivity index (χ0) is 11.4. The second-order valence-corrected chi connectivity index (χ2v) is 3.60. The first-order valence-electron chi connectivity index (χ1n) is 5.22. The minimum Gasteiger partial charge on any atom is -0.356 e. The second kappa shape index (κ2) is 6.73. The van der Waals surface area contributed by atoms with Crippen molar-refractivity contribution in [1.82, 2.24) is 10.6 Å². The van der Waals surface area contributed by atoms with Gasteiger partial charge in [-0.2, -0.15) is 0 Å². The van der Waals surface area contributed by atoms with Crippen molar-refractivity contribution in [2.24, 2.45) is 4.99 Å². The molecule has 1 aliphatic rings. The first-order valence-corrected chi connectivity index (χ1v) is 5.22. The maximum atomic E-state index is 13.3. The lowest BCUT2D eigenvalue weighted by atomic mass is 10.2. The third-order valence-electron chi connectivity index (χ3n) is 2.36. The van der Waals surface area contributed by atoms with E-state index in [1.807, 2.05) is 0 Å². The highest BCUT2D eigenvalue weighted by Gasteiger charge is 2.06. The Bertz CT molecular complexity index is 410. The van der Waals surface area contributed by atoms with Gasteiger partial charge in [-0.1, -0.05) is 6.07 Å². The van der Waals surface area contributed by atoms with Crippen LogP contribution in [-0.4, -0.2) is 19.0 Å². The van der Waals surface area contributed by atoms with Crippen molar-refractivity contribution < 1.29 is 8.78 Å². The minimum atomic E-state index is -0.561. The van der Waals surface area contributed by atoms with Crippen LogP contribution in [0.4, 0.5) is 8.78 Å². The molecule has 0 saturated heterocycles. The Labute approximate surface area is 116 Å². The molecule has 0 radical (unpaired) electrons. The molecule has 0 aliphatic carbocycles. The van der Waals surface area contributed by atoms with Crippen LogP contribution in [0.15, 0.2) is 23.2 Å². The average molecular weight is 353 g/mol. The molecule has 2 N–H and O–H groups in total. The SMILES string of the molecule is Fc1ccc(CNC2=NCCCN2)c(F)c1.I. The van der Waals surface area contributed by atoms with Crippen molar-refractivity contribution in [3.63, 3.8) is 0 Å². The summed E-state index contributed by atoms with van der Waals surface area (Å²) in [6.45, 7) is 1.96. The van der Waals surface area contributed by atoms with Crippen molar-refractivity contribution in [3.05, 3.63) is 35.4 Å². The Morgan fingerprint density at radius 3 is 2.82 bits per heavy atom. The zero-order valence-corrected chi connectivity index (χ0v) is 11.5. The lowest BCUT2D eigenvalue weighted by molar-refractivity contribution is 0.568. The van der Waals surface area contributed by atoms with Crippen LogP contribution in [0, 0.1) is 11.6 Å². The fraction of sp³-hybridized carbons (Fsp3) is 0.364. The Kier molecular flexibility index (Phi) is 5.60. The average Bonchev–Trinajstić information content (AvgIpc) is 2.29. The summed E-state index contributed by atoms with van der Waals surface area (Å²) < 4.78 is 25.9. The normalized spacial score (nSPS) is 14.4. The van der Waals surface area contributed by atoms with Crippen LogP contribution in [0.25, 0.3) is 0 Å². The highest BCUT2D eigenvalue weighted by atomic mass is 127. The molecule has 0 amide bonds. The van der Waals surface area contributed by atoms with Gasteiger partial charge in [0.25, 0.3) is 0 Å². The molecule has 6 heteroatoms. The first-order chi connectivity index (χ1) is 7.75. The number of benzene rings is 1. The number of hydrogen-bond donors (Lipinski definition) is 2. The van der Waals surface area contributed by atoms with E-state index in [-0.39, 0.29) is 24.0 Å². The quantitative estimate of drug-likeness (QED) is 0.799. The summed E-state index contributed by atoms with van der Waals surface area (Å²) in [5, 5.41) is 6.04. The maximum absolute atomic E-state index is 13.3. The number of nitrogens with one attached hydrogen (secondary N) is 2. The smallest absolute Gasteiger partial charge is 0.191 e. The molecule has 3 nitrogen and oxygen atoms in total. The molecule has 0 aromatic heterocycles. The van der Waals surface area contributed by atoms with Crippen molar-refractivity contribution in [2.75, 3.05) is 13.1 Å². The number of hydrogen-bond acceptors (Lipinski definition) is 3. The van der Waals surface area contributed by atoms with Gasteiger partial charge in [0.1, 0.15) is 11.6 Å². The maximum Gasteiger partial charge on any atom is 0.191 e. The van der Waals surface area contributed by atoms with Gasteiger partial charge in [-0.25, -0.2) is 8.78 Å². The van der Waals surface area contributed by atoms with Crippen LogP contribution in [-0.2, 0) is 6.54 Å². The Morgan fingerprint density at radius 2 is 2.18 bits per heavy atom. The lowest BCUT2D eigenvalue weighted by Crippen LogP contribution is -2.40. The summed E-state index contributed by atoms with van der Waals surface area (Å²) >= 11 is 0. The number of guanidine groups is 1. The molecule has 0 spiro atoms. The van der Waals surface area contributed by atoms with Crippen molar-refractivity contribution in [1.29, 1.82) is 0 Å². The Hall–Kier alpha value is -0.920. The third kappa shape index (κ3) is 4.10. The van der Waals surface area contributed by atoms with Gasteiger partial charge < -0.3 is 10.6 Å². The summed E-state index contributed by atoms with van der Waals surface area (Å²) in [6.07, 6.45) is 1.01. The molecule has 1 aromatic rings. The largest absolute Gasteiger partial charge is 0.356 e. The molecule has 0 saturated carbocycles. The van der Waals surface area contributed by atoms with Crippen LogP contribution in [0.1, 0.15) is 12.0 Å². The van der Waals surface area contributed by atoms with Crippen molar-refractivity contribution in [3.8, 4) is 0 Å². The first kappa shape index (κ1) is 14.1. The monoisotopic (exact) mass is 353 g/mol. The molecule has 0 fully saturated rings. The van der Waals surface area contributed by atoms with Crippen LogP contribution in [0.3, 0.4) is 0 Å². The number of aliphatic imine (C=N–C) groups is 1. The number of nitrogens with zero attached hydrogens (tertiary/aromatic N) is 1.